The van der Waals surface area contributed by atoms with Crippen LogP contribution in [0.15, 0.2) is 0 Å². The number of aliphatic carboxylic acids is 1. The molecule has 0 aromatic rings. The number of carbonyl (C=O) groups is 1. The first kappa shape index (κ1) is 29.4. The Balaban J connectivity index is 1.70. The molecule has 3 saturated heterocycles. The van der Waals surface area contributed by atoms with Crippen molar-refractivity contribution in [3.63, 3.8) is 0 Å². The molecule has 0 bridgehead atoms. The van der Waals surface area contributed by atoms with Crippen molar-refractivity contribution in [2.45, 2.75) is 92.1 Å². The Morgan fingerprint density at radius 3 is 1.94 bits per heavy atom. The number of ether oxygens (including phenoxy) is 6. The van der Waals surface area contributed by atoms with Gasteiger partial charge in [0.05, 0.1) is 19.3 Å². The lowest BCUT2D eigenvalue weighted by molar-refractivity contribution is -0.345. The fourth-order valence-electron chi connectivity index (χ4n) is 4.14. The molecule has 3 heterocycles. The minimum absolute atomic E-state index is 0.603. The van der Waals surface area contributed by atoms with Gasteiger partial charge in [0.15, 0.2) is 25.0 Å². The fraction of sp³-hybridized carbons (Fsp3) is 0.947. The molecule has 0 spiro atoms. The van der Waals surface area contributed by atoms with E-state index < -0.39 is 111 Å². The molecule has 0 aromatic heterocycles. The first-order chi connectivity index (χ1) is 16.9. The quantitative estimate of drug-likeness (QED) is 0.139. The molecule has 3 aliphatic rings. The molecule has 0 aromatic carbocycles. The van der Waals surface area contributed by atoms with Crippen LogP contribution in [0.25, 0.3) is 0 Å². The molecule has 17 nitrogen and oxygen atoms in total. The second-order valence-corrected chi connectivity index (χ2v) is 8.71. The fourth-order valence-corrected chi connectivity index (χ4v) is 4.14. The summed E-state index contributed by atoms with van der Waals surface area (Å²) in [5.74, 6) is -1.57. The van der Waals surface area contributed by atoms with E-state index in [-0.39, 0.29) is 0 Å². The van der Waals surface area contributed by atoms with Crippen molar-refractivity contribution in [1.29, 1.82) is 0 Å². The highest BCUT2D eigenvalue weighted by molar-refractivity contribution is 5.73. The van der Waals surface area contributed by atoms with E-state index in [1.807, 2.05) is 0 Å². The minimum Gasteiger partial charge on any atom is -0.479 e. The summed E-state index contributed by atoms with van der Waals surface area (Å²) in [5.41, 5.74) is 5.87. The van der Waals surface area contributed by atoms with Gasteiger partial charge in [0.25, 0.3) is 0 Å². The molecule has 36 heavy (non-hydrogen) atoms. The lowest BCUT2D eigenvalue weighted by Gasteiger charge is -2.46. The Labute approximate surface area is 204 Å². The van der Waals surface area contributed by atoms with Gasteiger partial charge in [-0.1, -0.05) is 0 Å². The number of nitrogens with two attached hydrogens (primary N) is 1. The van der Waals surface area contributed by atoms with Crippen LogP contribution in [-0.2, 0) is 33.2 Å². The molecule has 0 amide bonds. The molecule has 0 radical (unpaired) electrons. The molecule has 15 atom stereocenters. The third-order valence-electron chi connectivity index (χ3n) is 6.33. The molecule has 9 unspecified atom stereocenters. The first-order valence-corrected chi connectivity index (χ1v) is 11.0. The monoisotopic (exact) mass is 531 g/mol. The number of aliphatic hydroxyl groups is 8. The van der Waals surface area contributed by atoms with Gasteiger partial charge in [-0.3, -0.25) is 0 Å². The van der Waals surface area contributed by atoms with Crippen molar-refractivity contribution in [2.24, 2.45) is 5.73 Å². The van der Waals surface area contributed by atoms with Crippen molar-refractivity contribution >= 4 is 5.97 Å². The number of carboxylic acid groups (broad SMARTS) is 1. The van der Waals surface area contributed by atoms with E-state index in [4.69, 9.17) is 34.2 Å². The summed E-state index contributed by atoms with van der Waals surface area (Å²) in [6.45, 7) is -1.31. The summed E-state index contributed by atoms with van der Waals surface area (Å²) >= 11 is 0. The highest BCUT2D eigenvalue weighted by atomic mass is 16.7. The molecule has 17 heteroatoms. The molecule has 3 rings (SSSR count). The predicted molar refractivity (Wildman–Crippen MR) is 109 cm³/mol. The molecule has 210 valence electrons. The highest BCUT2D eigenvalue weighted by Crippen LogP contribution is 2.30. The third-order valence-corrected chi connectivity index (χ3v) is 6.33. The Morgan fingerprint density at radius 2 is 1.36 bits per heavy atom. The number of rotatable bonds is 8. The van der Waals surface area contributed by atoms with E-state index in [0.29, 0.717) is 0 Å². The maximum Gasteiger partial charge on any atom is 0.335 e. The van der Waals surface area contributed by atoms with Crippen LogP contribution in [0, 0.1) is 0 Å². The van der Waals surface area contributed by atoms with E-state index >= 15 is 0 Å². The van der Waals surface area contributed by atoms with Gasteiger partial charge in [0.2, 0.25) is 0 Å². The molecular weight excluding hydrogens is 498 g/mol. The molecule has 11 N–H and O–H groups in total. The van der Waals surface area contributed by atoms with E-state index in [9.17, 15) is 50.8 Å². The maximum atomic E-state index is 11.7. The predicted octanol–water partition coefficient (Wildman–Crippen LogP) is -6.86. The standard InChI is InChI=1S/C19H33NO16/c1-31-18-13(28)11(26)14(15(36-18)16(29)30)35-17-6(20)9(24)8(23)5(34-17)3-32-19-12(27)10(25)7(22)4(2-21)33-19/h4-15,17-19,21-28H,2-3,20H2,1H3,(H,29,30)/t4?,5?,6?,7-,8+,9?,10?,11?,12?,13?,14-,15?,17+,18-,19-/m0/s1. The number of methoxy groups -OCH3 is 1. The largest absolute Gasteiger partial charge is 0.479 e. The summed E-state index contributed by atoms with van der Waals surface area (Å²) in [6.07, 6.45) is -23.0. The Hall–Kier alpha value is -1.13. The zero-order valence-electron chi connectivity index (χ0n) is 19.0. The highest BCUT2D eigenvalue weighted by Gasteiger charge is 2.53. The van der Waals surface area contributed by atoms with Gasteiger partial charge in [-0.25, -0.2) is 4.79 Å². The van der Waals surface area contributed by atoms with E-state index in [0.717, 1.165) is 7.11 Å². The van der Waals surface area contributed by atoms with Crippen molar-refractivity contribution in [1.82, 2.24) is 0 Å². The van der Waals surface area contributed by atoms with Gasteiger partial charge in [-0.2, -0.15) is 0 Å². The summed E-state index contributed by atoms with van der Waals surface area (Å²) in [7, 11) is 1.12. The van der Waals surface area contributed by atoms with Crippen LogP contribution in [0.5, 0.6) is 0 Å². The topological polar surface area (TPSA) is 281 Å². The van der Waals surface area contributed by atoms with Gasteiger partial charge in [0.1, 0.15) is 61.0 Å². The van der Waals surface area contributed by atoms with E-state index in [1.54, 1.807) is 0 Å². The third kappa shape index (κ3) is 5.80. The van der Waals surface area contributed by atoms with Crippen molar-refractivity contribution in [2.75, 3.05) is 20.3 Å². The Bertz CT molecular complexity index is 730. The zero-order chi connectivity index (χ0) is 26.9. The van der Waals surface area contributed by atoms with Crippen molar-refractivity contribution < 1.29 is 79.2 Å². The average molecular weight is 531 g/mol. The smallest absolute Gasteiger partial charge is 0.335 e. The second kappa shape index (κ2) is 12.2. The summed E-state index contributed by atoms with van der Waals surface area (Å²) < 4.78 is 31.5. The van der Waals surface area contributed by atoms with Gasteiger partial charge < -0.3 is 80.1 Å². The van der Waals surface area contributed by atoms with Crippen LogP contribution in [0.3, 0.4) is 0 Å². The van der Waals surface area contributed by atoms with Crippen LogP contribution >= 0.6 is 0 Å². The van der Waals surface area contributed by atoms with Gasteiger partial charge in [-0.15, -0.1) is 0 Å². The summed E-state index contributed by atoms with van der Waals surface area (Å²) in [6, 6.07) is -1.46. The second-order valence-electron chi connectivity index (χ2n) is 8.71. The van der Waals surface area contributed by atoms with Crippen LogP contribution in [0.4, 0.5) is 0 Å². The maximum absolute atomic E-state index is 11.7. The number of carboxylic acids is 1. The number of aliphatic hydroxyl groups excluding tert-OH is 8. The number of hydrogen-bond acceptors (Lipinski definition) is 16. The van der Waals surface area contributed by atoms with Gasteiger partial charge >= 0.3 is 5.97 Å². The average Bonchev–Trinajstić information content (AvgIpc) is 2.85. The van der Waals surface area contributed by atoms with Crippen LogP contribution < -0.4 is 5.73 Å². The molecule has 0 saturated carbocycles. The Morgan fingerprint density at radius 1 is 0.778 bits per heavy atom. The van der Waals surface area contributed by atoms with E-state index in [2.05, 4.69) is 0 Å². The SMILES string of the molecule is CO[C@H]1OC(C(=O)O)[C@@H](O[C@H]2OC(CO[C@H]3OC(CO)[C@H](O)C(O)C3O)[C@@H](O)C(O)C2N)C(O)C1O. The molecule has 3 aliphatic heterocycles. The van der Waals surface area contributed by atoms with Crippen LogP contribution in [0.2, 0.25) is 0 Å². The van der Waals surface area contributed by atoms with Crippen molar-refractivity contribution in [3.8, 4) is 0 Å². The summed E-state index contributed by atoms with van der Waals surface area (Å²) in [4.78, 5) is 11.7. The first-order valence-electron chi connectivity index (χ1n) is 11.0. The Kier molecular flexibility index (Phi) is 9.94. The van der Waals surface area contributed by atoms with Crippen molar-refractivity contribution in [3.05, 3.63) is 0 Å². The summed E-state index contributed by atoms with van der Waals surface area (Å²) in [5, 5.41) is 89.8. The lowest BCUT2D eigenvalue weighted by atomic mass is 9.96. The van der Waals surface area contributed by atoms with E-state index in [1.165, 1.54) is 0 Å². The molecule has 3 fully saturated rings. The number of hydrogen-bond donors (Lipinski definition) is 10. The normalized spacial score (nSPS) is 50.1. The molecule has 0 aliphatic carbocycles. The minimum atomic E-state index is -1.84. The van der Waals surface area contributed by atoms with Crippen LogP contribution in [0.1, 0.15) is 0 Å². The lowest BCUT2D eigenvalue weighted by Crippen LogP contribution is -2.67. The van der Waals surface area contributed by atoms with Gasteiger partial charge in [-0.05, 0) is 0 Å². The van der Waals surface area contributed by atoms with Gasteiger partial charge in [0, 0.05) is 7.11 Å². The molecular formula is C19H33NO16. The van der Waals surface area contributed by atoms with Crippen LogP contribution in [-0.4, -0.2) is 164 Å². The zero-order valence-corrected chi connectivity index (χ0v) is 19.0.